The van der Waals surface area contributed by atoms with Gasteiger partial charge in [-0.25, -0.2) is 4.39 Å². The molecule has 0 amide bonds. The molecule has 0 spiro atoms. The van der Waals surface area contributed by atoms with E-state index in [0.29, 0.717) is 6.04 Å². The van der Waals surface area contributed by atoms with Crippen LogP contribution in [0.3, 0.4) is 0 Å². The average Bonchev–Trinajstić information content (AvgIpc) is 2.44. The van der Waals surface area contributed by atoms with Crippen molar-refractivity contribution in [2.75, 3.05) is 12.8 Å². The third-order valence-electron chi connectivity index (χ3n) is 3.13. The van der Waals surface area contributed by atoms with Gasteiger partial charge in [0.15, 0.2) is 0 Å². The lowest BCUT2D eigenvalue weighted by molar-refractivity contribution is 0.526. The van der Waals surface area contributed by atoms with Gasteiger partial charge in [0.05, 0.1) is 0 Å². The van der Waals surface area contributed by atoms with E-state index in [0.717, 1.165) is 17.1 Å². The second kappa shape index (κ2) is 10.0. The highest BCUT2D eigenvalue weighted by Gasteiger charge is 2.06. The molecule has 1 unspecified atom stereocenters. The van der Waals surface area contributed by atoms with Crippen molar-refractivity contribution in [2.24, 2.45) is 0 Å². The van der Waals surface area contributed by atoms with Crippen LogP contribution in [-0.2, 0) is 0 Å². The van der Waals surface area contributed by atoms with Crippen LogP contribution >= 0.6 is 11.8 Å². The van der Waals surface area contributed by atoms with Crippen molar-refractivity contribution in [3.63, 3.8) is 0 Å². The first-order valence-corrected chi connectivity index (χ1v) is 7.91. The molecule has 0 saturated heterocycles. The molecule has 1 rings (SSSR count). The Morgan fingerprint density at radius 2 is 2.00 bits per heavy atom. The summed E-state index contributed by atoms with van der Waals surface area (Å²) in [4.78, 5) is 1.13. The molecule has 1 atom stereocenters. The molecular formula is C16H24FNS. The summed E-state index contributed by atoms with van der Waals surface area (Å²) in [5.41, 5.74) is 0. The maximum absolute atomic E-state index is 12.8. The summed E-state index contributed by atoms with van der Waals surface area (Å²) in [6.45, 7) is 3.74. The summed E-state index contributed by atoms with van der Waals surface area (Å²) in [5, 5.41) is 3.36. The molecule has 0 fully saturated rings. The van der Waals surface area contributed by atoms with Crippen LogP contribution in [0.5, 0.6) is 0 Å². The highest BCUT2D eigenvalue weighted by atomic mass is 32.2. The minimum atomic E-state index is -0.170. The summed E-state index contributed by atoms with van der Waals surface area (Å²) in [5.74, 6) is 0.862. The lowest BCUT2D eigenvalue weighted by Gasteiger charge is -2.15. The first-order chi connectivity index (χ1) is 9.26. The van der Waals surface area contributed by atoms with E-state index in [4.69, 9.17) is 0 Å². The van der Waals surface area contributed by atoms with Crippen LogP contribution in [0.4, 0.5) is 4.39 Å². The monoisotopic (exact) mass is 281 g/mol. The number of hydrogen-bond acceptors (Lipinski definition) is 2. The molecule has 0 aliphatic heterocycles. The molecule has 19 heavy (non-hydrogen) atoms. The SMILES string of the molecule is C=CCCCCCC(CSc1ccc(F)cc1)NC. The van der Waals surface area contributed by atoms with Crippen LogP contribution in [0, 0.1) is 5.82 Å². The number of halogens is 1. The van der Waals surface area contributed by atoms with Crippen LogP contribution in [0.2, 0.25) is 0 Å². The van der Waals surface area contributed by atoms with Crippen molar-refractivity contribution in [1.29, 1.82) is 0 Å². The predicted octanol–water partition coefficient (Wildman–Crippen LogP) is 4.64. The van der Waals surface area contributed by atoms with Gasteiger partial charge < -0.3 is 5.32 Å². The molecule has 1 aromatic rings. The molecular weight excluding hydrogens is 257 g/mol. The highest BCUT2D eigenvalue weighted by Crippen LogP contribution is 2.20. The minimum Gasteiger partial charge on any atom is -0.316 e. The van der Waals surface area contributed by atoms with Crippen molar-refractivity contribution in [2.45, 2.75) is 43.0 Å². The van der Waals surface area contributed by atoms with Crippen LogP contribution in [0.1, 0.15) is 32.1 Å². The van der Waals surface area contributed by atoms with Crippen molar-refractivity contribution >= 4 is 11.8 Å². The molecule has 0 aromatic heterocycles. The largest absolute Gasteiger partial charge is 0.316 e. The van der Waals surface area contributed by atoms with Crippen LogP contribution in [0.25, 0.3) is 0 Å². The molecule has 1 N–H and O–H groups in total. The molecule has 0 radical (unpaired) electrons. The first kappa shape index (κ1) is 16.3. The van der Waals surface area contributed by atoms with Crippen LogP contribution in [0.15, 0.2) is 41.8 Å². The second-order valence-corrected chi connectivity index (χ2v) is 5.77. The number of unbranched alkanes of at least 4 members (excludes halogenated alkanes) is 3. The summed E-state index contributed by atoms with van der Waals surface area (Å²) in [6, 6.07) is 7.25. The van der Waals surface area contributed by atoms with Crippen molar-refractivity contribution < 1.29 is 4.39 Å². The van der Waals surface area contributed by atoms with Crippen LogP contribution < -0.4 is 5.32 Å². The fraction of sp³-hybridized carbons (Fsp3) is 0.500. The van der Waals surface area contributed by atoms with E-state index in [2.05, 4.69) is 11.9 Å². The Morgan fingerprint density at radius 3 is 2.63 bits per heavy atom. The molecule has 0 aliphatic carbocycles. The second-order valence-electron chi connectivity index (χ2n) is 4.68. The Hall–Kier alpha value is -0.800. The Morgan fingerprint density at radius 1 is 1.26 bits per heavy atom. The zero-order chi connectivity index (χ0) is 13.9. The Kier molecular flexibility index (Phi) is 8.59. The molecule has 0 heterocycles. The first-order valence-electron chi connectivity index (χ1n) is 6.92. The smallest absolute Gasteiger partial charge is 0.123 e. The van der Waals surface area contributed by atoms with Gasteiger partial charge >= 0.3 is 0 Å². The fourth-order valence-corrected chi connectivity index (χ4v) is 2.95. The Balaban J connectivity index is 2.20. The normalized spacial score (nSPS) is 12.3. The van der Waals surface area contributed by atoms with Gasteiger partial charge in [0.1, 0.15) is 5.82 Å². The van der Waals surface area contributed by atoms with E-state index in [-0.39, 0.29) is 5.82 Å². The number of rotatable bonds is 10. The summed E-state index contributed by atoms with van der Waals surface area (Å²) in [6.07, 6.45) is 8.07. The third kappa shape index (κ3) is 7.38. The molecule has 0 bridgehead atoms. The quantitative estimate of drug-likeness (QED) is 0.381. The van der Waals surface area contributed by atoms with Gasteiger partial charge in [-0.15, -0.1) is 18.3 Å². The third-order valence-corrected chi connectivity index (χ3v) is 4.31. The fourth-order valence-electron chi connectivity index (χ4n) is 1.89. The predicted molar refractivity (Wildman–Crippen MR) is 83.3 cm³/mol. The van der Waals surface area contributed by atoms with Crippen molar-refractivity contribution in [3.05, 3.63) is 42.7 Å². The molecule has 106 valence electrons. The van der Waals surface area contributed by atoms with Gasteiger partial charge in [0, 0.05) is 16.7 Å². The van der Waals surface area contributed by atoms with E-state index in [1.54, 1.807) is 11.8 Å². The lowest BCUT2D eigenvalue weighted by Crippen LogP contribution is -2.27. The lowest BCUT2D eigenvalue weighted by atomic mass is 10.1. The van der Waals surface area contributed by atoms with Gasteiger partial charge in [0.25, 0.3) is 0 Å². The van der Waals surface area contributed by atoms with Gasteiger partial charge in [-0.3, -0.25) is 0 Å². The number of benzene rings is 1. The average molecular weight is 281 g/mol. The zero-order valence-corrected chi connectivity index (χ0v) is 12.5. The van der Waals surface area contributed by atoms with E-state index in [1.165, 1.54) is 37.8 Å². The van der Waals surface area contributed by atoms with E-state index in [1.807, 2.05) is 25.3 Å². The number of hydrogen-bond donors (Lipinski definition) is 1. The van der Waals surface area contributed by atoms with Gasteiger partial charge in [-0.05, 0) is 50.6 Å². The molecule has 1 nitrogen and oxygen atoms in total. The van der Waals surface area contributed by atoms with E-state index in [9.17, 15) is 4.39 Å². The van der Waals surface area contributed by atoms with E-state index < -0.39 is 0 Å². The number of thioether (sulfide) groups is 1. The number of nitrogens with one attached hydrogen (secondary N) is 1. The van der Waals surface area contributed by atoms with Gasteiger partial charge in [-0.1, -0.05) is 18.9 Å². The summed E-state index contributed by atoms with van der Waals surface area (Å²) in [7, 11) is 2.01. The zero-order valence-electron chi connectivity index (χ0n) is 11.7. The topological polar surface area (TPSA) is 12.0 Å². The Labute approximate surface area is 120 Å². The summed E-state index contributed by atoms with van der Waals surface area (Å²) < 4.78 is 12.8. The molecule has 3 heteroatoms. The van der Waals surface area contributed by atoms with Crippen molar-refractivity contribution in [1.82, 2.24) is 5.32 Å². The Bertz CT molecular complexity index is 350. The van der Waals surface area contributed by atoms with Gasteiger partial charge in [-0.2, -0.15) is 0 Å². The highest BCUT2D eigenvalue weighted by molar-refractivity contribution is 7.99. The molecule has 0 saturated carbocycles. The van der Waals surface area contributed by atoms with Crippen LogP contribution in [-0.4, -0.2) is 18.8 Å². The number of allylic oxidation sites excluding steroid dienone is 1. The minimum absolute atomic E-state index is 0.170. The molecule has 1 aromatic carbocycles. The van der Waals surface area contributed by atoms with Crippen molar-refractivity contribution in [3.8, 4) is 0 Å². The summed E-state index contributed by atoms with van der Waals surface area (Å²) >= 11 is 1.78. The maximum Gasteiger partial charge on any atom is 0.123 e. The van der Waals surface area contributed by atoms with E-state index >= 15 is 0 Å². The van der Waals surface area contributed by atoms with Gasteiger partial charge in [0.2, 0.25) is 0 Å². The molecule has 0 aliphatic rings. The maximum atomic E-state index is 12.8. The standard InChI is InChI=1S/C16H24FNS/c1-3-4-5-6-7-8-15(18-2)13-19-16-11-9-14(17)10-12-16/h3,9-12,15,18H,1,4-8,13H2,2H3.